The van der Waals surface area contributed by atoms with Gasteiger partial charge in [0.2, 0.25) is 0 Å². The van der Waals surface area contributed by atoms with Crippen molar-refractivity contribution in [1.29, 1.82) is 0 Å². The molecule has 5 heteroatoms. The van der Waals surface area contributed by atoms with Gasteiger partial charge in [0, 0.05) is 6.42 Å². The van der Waals surface area contributed by atoms with Crippen LogP contribution in [0.2, 0.25) is 4.34 Å². The third-order valence-electron chi connectivity index (χ3n) is 1.76. The predicted molar refractivity (Wildman–Crippen MR) is 63.2 cm³/mol. The van der Waals surface area contributed by atoms with Crippen molar-refractivity contribution in [3.8, 4) is 9.88 Å². The molecule has 2 aromatic rings. The summed E-state index contributed by atoms with van der Waals surface area (Å²) in [5, 5.41) is 3.03. The average Bonchev–Trinajstić information content (AvgIpc) is 2.76. The van der Waals surface area contributed by atoms with Gasteiger partial charge in [0.05, 0.1) is 10.6 Å². The third kappa shape index (κ3) is 1.98. The lowest BCUT2D eigenvalue weighted by Gasteiger charge is -1.90. The van der Waals surface area contributed by atoms with Gasteiger partial charge in [-0.15, -0.1) is 22.7 Å². The largest absolute Gasteiger partial charge is 0.330 e. The Bertz CT molecular complexity index is 408. The van der Waals surface area contributed by atoms with Gasteiger partial charge in [-0.05, 0) is 18.0 Å². The number of nitrogens with two attached hydrogens (primary N) is 1. The van der Waals surface area contributed by atoms with Crippen LogP contribution in [0, 0.1) is 0 Å². The predicted octanol–water partition coefficient (Wildman–Crippen LogP) is 3.03. The third-order valence-corrected chi connectivity index (χ3v) is 4.14. The number of hydrogen-bond donors (Lipinski definition) is 1. The fourth-order valence-electron chi connectivity index (χ4n) is 1.13. The van der Waals surface area contributed by atoms with Gasteiger partial charge in [0.1, 0.15) is 9.34 Å². The highest BCUT2D eigenvalue weighted by molar-refractivity contribution is 7.23. The lowest BCUT2D eigenvalue weighted by atomic mass is 10.3. The highest BCUT2D eigenvalue weighted by atomic mass is 35.5. The summed E-state index contributed by atoms with van der Waals surface area (Å²) < 4.78 is 0.763. The molecule has 2 aromatic heterocycles. The molecule has 0 amide bonds. The molecule has 0 aliphatic heterocycles. The first-order chi connectivity index (χ1) is 6.81. The molecule has 0 fully saturated rings. The zero-order chi connectivity index (χ0) is 9.97. The van der Waals surface area contributed by atoms with Gasteiger partial charge in [-0.2, -0.15) is 0 Å². The van der Waals surface area contributed by atoms with Crippen LogP contribution in [0.15, 0.2) is 17.5 Å². The normalized spacial score (nSPS) is 10.7. The maximum Gasteiger partial charge on any atom is 0.135 e. The van der Waals surface area contributed by atoms with E-state index in [0.29, 0.717) is 6.54 Å². The zero-order valence-electron chi connectivity index (χ0n) is 7.37. The van der Waals surface area contributed by atoms with Gasteiger partial charge in [0.15, 0.2) is 0 Å². The van der Waals surface area contributed by atoms with Crippen molar-refractivity contribution in [2.24, 2.45) is 5.73 Å². The summed E-state index contributed by atoms with van der Waals surface area (Å²) in [6, 6.07) is 4.06. The summed E-state index contributed by atoms with van der Waals surface area (Å²) in [5.41, 5.74) is 6.39. The lowest BCUT2D eigenvalue weighted by molar-refractivity contribution is 0.937. The van der Waals surface area contributed by atoms with Gasteiger partial charge >= 0.3 is 0 Å². The molecular weight excluding hydrogens is 236 g/mol. The Balaban J connectivity index is 2.33. The van der Waals surface area contributed by atoms with Crippen molar-refractivity contribution in [3.63, 3.8) is 0 Å². The monoisotopic (exact) mass is 244 g/mol. The van der Waals surface area contributed by atoms with Gasteiger partial charge in [0.25, 0.3) is 0 Å². The fraction of sp³-hybridized carbons (Fsp3) is 0.222. The van der Waals surface area contributed by atoms with E-state index >= 15 is 0 Å². The molecule has 14 heavy (non-hydrogen) atoms. The average molecular weight is 245 g/mol. The van der Waals surface area contributed by atoms with Crippen LogP contribution in [0.3, 0.4) is 0 Å². The first-order valence-electron chi connectivity index (χ1n) is 4.20. The molecule has 2 N–H and O–H groups in total. The van der Waals surface area contributed by atoms with E-state index in [1.165, 1.54) is 16.2 Å². The number of rotatable bonds is 3. The van der Waals surface area contributed by atoms with Crippen LogP contribution >= 0.6 is 34.3 Å². The molecular formula is C9H9ClN2S2. The van der Waals surface area contributed by atoms with E-state index in [2.05, 4.69) is 4.98 Å². The fourth-order valence-corrected chi connectivity index (χ4v) is 3.12. The van der Waals surface area contributed by atoms with Crippen LogP contribution < -0.4 is 5.73 Å². The first kappa shape index (κ1) is 10.1. The summed E-state index contributed by atoms with van der Waals surface area (Å²) in [6.45, 7) is 0.591. The van der Waals surface area contributed by atoms with E-state index in [1.54, 1.807) is 11.3 Å². The second-order valence-electron chi connectivity index (χ2n) is 2.76. The Kier molecular flexibility index (Phi) is 3.18. The minimum Gasteiger partial charge on any atom is -0.330 e. The molecule has 0 bridgehead atoms. The number of thiophene rings is 1. The van der Waals surface area contributed by atoms with Crippen molar-refractivity contribution >= 4 is 34.3 Å². The molecule has 0 atom stereocenters. The Morgan fingerprint density at radius 1 is 1.50 bits per heavy atom. The van der Waals surface area contributed by atoms with Crippen LogP contribution in [0.1, 0.15) is 5.69 Å². The van der Waals surface area contributed by atoms with Crippen LogP contribution in [0.4, 0.5) is 0 Å². The van der Waals surface area contributed by atoms with E-state index in [9.17, 15) is 0 Å². The van der Waals surface area contributed by atoms with Gasteiger partial charge in [-0.3, -0.25) is 0 Å². The molecule has 2 nitrogen and oxygen atoms in total. The molecule has 2 rings (SSSR count). The molecule has 74 valence electrons. The Hall–Kier alpha value is -0.420. The van der Waals surface area contributed by atoms with Gasteiger partial charge in [-0.25, -0.2) is 4.98 Å². The van der Waals surface area contributed by atoms with Gasteiger partial charge in [-0.1, -0.05) is 17.7 Å². The number of nitrogens with zero attached hydrogens (tertiary/aromatic N) is 1. The van der Waals surface area contributed by atoms with Crippen LogP contribution in [-0.4, -0.2) is 11.5 Å². The standard InChI is InChI=1S/C9H9ClN2S2/c10-8-6(3-4-11)12-9(14-8)7-2-1-5-13-7/h1-2,5H,3-4,11H2. The van der Waals surface area contributed by atoms with E-state index in [-0.39, 0.29) is 0 Å². The number of aromatic nitrogens is 1. The Labute approximate surface area is 95.4 Å². The molecule has 2 heterocycles. The highest BCUT2D eigenvalue weighted by Gasteiger charge is 2.10. The molecule has 0 spiro atoms. The van der Waals surface area contributed by atoms with Crippen molar-refractivity contribution in [1.82, 2.24) is 4.98 Å². The van der Waals surface area contributed by atoms with Gasteiger partial charge < -0.3 is 5.73 Å². The first-order valence-corrected chi connectivity index (χ1v) is 6.28. The molecule has 0 aromatic carbocycles. The summed E-state index contributed by atoms with van der Waals surface area (Å²) in [5.74, 6) is 0. The minimum absolute atomic E-state index is 0.591. The number of halogens is 1. The molecule has 0 aliphatic rings. The number of hydrogen-bond acceptors (Lipinski definition) is 4. The molecule has 0 radical (unpaired) electrons. The Morgan fingerprint density at radius 2 is 2.36 bits per heavy atom. The SMILES string of the molecule is NCCc1nc(-c2cccs2)sc1Cl. The summed E-state index contributed by atoms with van der Waals surface area (Å²) in [4.78, 5) is 5.63. The maximum atomic E-state index is 6.05. The lowest BCUT2D eigenvalue weighted by Crippen LogP contribution is -2.03. The van der Waals surface area contributed by atoms with Crippen molar-refractivity contribution in [2.75, 3.05) is 6.54 Å². The molecule has 0 saturated heterocycles. The molecule has 0 saturated carbocycles. The van der Waals surface area contributed by atoms with E-state index in [4.69, 9.17) is 17.3 Å². The van der Waals surface area contributed by atoms with Crippen LogP contribution in [0.5, 0.6) is 0 Å². The van der Waals surface area contributed by atoms with Crippen molar-refractivity contribution in [2.45, 2.75) is 6.42 Å². The van der Waals surface area contributed by atoms with Crippen LogP contribution in [0.25, 0.3) is 9.88 Å². The summed E-state index contributed by atoms with van der Waals surface area (Å²) >= 11 is 9.24. The summed E-state index contributed by atoms with van der Waals surface area (Å²) in [6.07, 6.45) is 0.751. The Morgan fingerprint density at radius 3 is 3.00 bits per heavy atom. The van der Waals surface area contributed by atoms with Crippen LogP contribution in [-0.2, 0) is 6.42 Å². The highest BCUT2D eigenvalue weighted by Crippen LogP contribution is 2.34. The second kappa shape index (κ2) is 4.40. The van der Waals surface area contributed by atoms with E-state index in [0.717, 1.165) is 21.5 Å². The van der Waals surface area contributed by atoms with E-state index in [1.807, 2.05) is 17.5 Å². The smallest absolute Gasteiger partial charge is 0.135 e. The maximum absolute atomic E-state index is 6.05. The zero-order valence-corrected chi connectivity index (χ0v) is 9.75. The van der Waals surface area contributed by atoms with Crippen molar-refractivity contribution < 1.29 is 0 Å². The van der Waals surface area contributed by atoms with Crippen molar-refractivity contribution in [3.05, 3.63) is 27.5 Å². The number of thiazole rings is 1. The summed E-state index contributed by atoms with van der Waals surface area (Å²) in [7, 11) is 0. The quantitative estimate of drug-likeness (QED) is 0.902. The topological polar surface area (TPSA) is 38.9 Å². The molecule has 0 aliphatic carbocycles. The minimum atomic E-state index is 0.591. The van der Waals surface area contributed by atoms with E-state index < -0.39 is 0 Å². The molecule has 0 unspecified atom stereocenters. The second-order valence-corrected chi connectivity index (χ2v) is 5.30.